The number of amides is 1. The number of carboxylic acids is 2. The van der Waals surface area contributed by atoms with Gasteiger partial charge in [0.1, 0.15) is 6.04 Å². The van der Waals surface area contributed by atoms with Gasteiger partial charge in [-0.1, -0.05) is 5.21 Å². The van der Waals surface area contributed by atoms with Gasteiger partial charge in [-0.25, -0.2) is 4.79 Å². The van der Waals surface area contributed by atoms with E-state index in [-0.39, 0.29) is 31.5 Å². The number of carboxylic acid groups (broad SMARTS) is 2. The number of aliphatic carboxylic acids is 2. The molecule has 1 aromatic heterocycles. The van der Waals surface area contributed by atoms with Gasteiger partial charge in [0.2, 0.25) is 5.91 Å². The highest BCUT2D eigenvalue weighted by Crippen LogP contribution is 2.02. The second kappa shape index (κ2) is 7.03. The van der Waals surface area contributed by atoms with E-state index in [9.17, 15) is 14.4 Å². The second-order valence-electron chi connectivity index (χ2n) is 3.75. The monoisotopic (exact) mass is 271 g/mol. The van der Waals surface area contributed by atoms with Crippen LogP contribution in [0.25, 0.3) is 0 Å². The average Bonchev–Trinajstić information content (AvgIpc) is 2.79. The summed E-state index contributed by atoms with van der Waals surface area (Å²) in [6, 6.07) is -1.13. The van der Waals surface area contributed by atoms with Crippen LogP contribution in [-0.4, -0.2) is 54.7 Å². The minimum atomic E-state index is -1.22. The van der Waals surface area contributed by atoms with Crippen LogP contribution in [-0.2, 0) is 20.8 Å². The SMILES string of the molecule is O=C(O)CCC[C@H](NC(=O)Cc1nn[nH]n1)C(=O)O. The van der Waals surface area contributed by atoms with Crippen molar-refractivity contribution in [3.8, 4) is 0 Å². The molecule has 0 bridgehead atoms. The summed E-state index contributed by atoms with van der Waals surface area (Å²) < 4.78 is 0. The zero-order chi connectivity index (χ0) is 14.3. The summed E-state index contributed by atoms with van der Waals surface area (Å²) >= 11 is 0. The lowest BCUT2D eigenvalue weighted by atomic mass is 10.1. The molecule has 1 rings (SSSR count). The molecular formula is C9H13N5O5. The van der Waals surface area contributed by atoms with Crippen LogP contribution in [0.15, 0.2) is 0 Å². The number of carbonyl (C=O) groups is 3. The van der Waals surface area contributed by atoms with Gasteiger partial charge in [0.05, 0.1) is 6.42 Å². The van der Waals surface area contributed by atoms with Gasteiger partial charge in [-0.15, -0.1) is 10.2 Å². The second-order valence-corrected chi connectivity index (χ2v) is 3.75. The third-order valence-corrected chi connectivity index (χ3v) is 2.22. The van der Waals surface area contributed by atoms with Gasteiger partial charge in [-0.05, 0) is 12.8 Å². The number of aromatic nitrogens is 4. The van der Waals surface area contributed by atoms with E-state index in [0.717, 1.165) is 0 Å². The lowest BCUT2D eigenvalue weighted by molar-refractivity contribution is -0.142. The first-order chi connectivity index (χ1) is 8.99. The summed E-state index contributed by atoms with van der Waals surface area (Å²) in [4.78, 5) is 32.7. The summed E-state index contributed by atoms with van der Waals surface area (Å²) in [5.41, 5.74) is 0. The topological polar surface area (TPSA) is 158 Å². The van der Waals surface area contributed by atoms with Crippen molar-refractivity contribution >= 4 is 17.8 Å². The van der Waals surface area contributed by atoms with Crippen LogP contribution in [0.5, 0.6) is 0 Å². The van der Waals surface area contributed by atoms with Crippen LogP contribution >= 0.6 is 0 Å². The number of hydrogen-bond donors (Lipinski definition) is 4. The average molecular weight is 271 g/mol. The highest BCUT2D eigenvalue weighted by molar-refractivity contribution is 5.84. The highest BCUT2D eigenvalue weighted by Gasteiger charge is 2.20. The number of aromatic amines is 1. The molecule has 19 heavy (non-hydrogen) atoms. The van der Waals surface area contributed by atoms with Gasteiger partial charge >= 0.3 is 11.9 Å². The van der Waals surface area contributed by atoms with Crippen LogP contribution in [0.3, 0.4) is 0 Å². The van der Waals surface area contributed by atoms with Crippen molar-refractivity contribution < 1.29 is 24.6 Å². The van der Waals surface area contributed by atoms with Crippen molar-refractivity contribution in [1.29, 1.82) is 0 Å². The van der Waals surface area contributed by atoms with Gasteiger partial charge in [0.25, 0.3) is 0 Å². The summed E-state index contributed by atoms with van der Waals surface area (Å²) in [5.74, 6) is -2.65. The molecule has 10 heteroatoms. The predicted molar refractivity (Wildman–Crippen MR) is 58.9 cm³/mol. The summed E-state index contributed by atoms with van der Waals surface area (Å²) in [6.07, 6.45) is -0.141. The first-order valence-corrected chi connectivity index (χ1v) is 5.45. The Morgan fingerprint density at radius 2 is 2.05 bits per heavy atom. The maximum Gasteiger partial charge on any atom is 0.326 e. The largest absolute Gasteiger partial charge is 0.481 e. The summed E-state index contributed by atoms with van der Waals surface area (Å²) in [6.45, 7) is 0. The number of nitrogens with one attached hydrogen (secondary N) is 2. The lowest BCUT2D eigenvalue weighted by Gasteiger charge is -2.13. The molecule has 0 radical (unpaired) electrons. The Morgan fingerprint density at radius 1 is 1.32 bits per heavy atom. The first kappa shape index (κ1) is 14.5. The van der Waals surface area contributed by atoms with Gasteiger partial charge in [0.15, 0.2) is 5.82 Å². The van der Waals surface area contributed by atoms with E-state index in [1.165, 1.54) is 0 Å². The van der Waals surface area contributed by atoms with Gasteiger partial charge in [0, 0.05) is 6.42 Å². The lowest BCUT2D eigenvalue weighted by Crippen LogP contribution is -2.41. The van der Waals surface area contributed by atoms with Crippen molar-refractivity contribution in [3.05, 3.63) is 5.82 Å². The fraction of sp³-hybridized carbons (Fsp3) is 0.556. The molecule has 0 aliphatic carbocycles. The Bertz CT molecular complexity index is 446. The smallest absolute Gasteiger partial charge is 0.326 e. The zero-order valence-electron chi connectivity index (χ0n) is 9.87. The molecule has 0 aliphatic heterocycles. The Labute approximate surface area is 107 Å². The third-order valence-electron chi connectivity index (χ3n) is 2.22. The number of hydrogen-bond acceptors (Lipinski definition) is 6. The molecule has 4 N–H and O–H groups in total. The number of nitrogens with zero attached hydrogens (tertiary/aromatic N) is 3. The third kappa shape index (κ3) is 5.57. The maximum absolute atomic E-state index is 11.5. The first-order valence-electron chi connectivity index (χ1n) is 5.45. The normalized spacial score (nSPS) is 11.8. The van der Waals surface area contributed by atoms with E-state index < -0.39 is 23.9 Å². The Kier molecular flexibility index (Phi) is 5.38. The zero-order valence-corrected chi connectivity index (χ0v) is 9.87. The van der Waals surface area contributed by atoms with E-state index in [2.05, 4.69) is 25.9 Å². The van der Waals surface area contributed by atoms with Gasteiger partial charge in [-0.3, -0.25) is 9.59 Å². The fourth-order valence-corrected chi connectivity index (χ4v) is 1.36. The Balaban J connectivity index is 2.42. The van der Waals surface area contributed by atoms with Crippen molar-refractivity contribution in [2.45, 2.75) is 31.7 Å². The number of rotatable bonds is 8. The molecule has 0 unspecified atom stereocenters. The van der Waals surface area contributed by atoms with Crippen molar-refractivity contribution in [1.82, 2.24) is 25.9 Å². The predicted octanol–water partition coefficient (Wildman–Crippen LogP) is -1.43. The molecule has 104 valence electrons. The molecule has 0 saturated carbocycles. The van der Waals surface area contributed by atoms with E-state index in [4.69, 9.17) is 10.2 Å². The van der Waals surface area contributed by atoms with E-state index in [1.807, 2.05) is 0 Å². The molecule has 1 aromatic rings. The molecule has 1 heterocycles. The highest BCUT2D eigenvalue weighted by atomic mass is 16.4. The van der Waals surface area contributed by atoms with Crippen LogP contribution in [0, 0.1) is 0 Å². The molecule has 0 saturated heterocycles. The Hall–Kier alpha value is -2.52. The molecule has 0 aliphatic rings. The molecule has 0 spiro atoms. The van der Waals surface area contributed by atoms with E-state index >= 15 is 0 Å². The summed E-state index contributed by atoms with van der Waals surface area (Å²) in [7, 11) is 0. The van der Waals surface area contributed by atoms with Crippen LogP contribution in [0.1, 0.15) is 25.1 Å². The van der Waals surface area contributed by atoms with Crippen LogP contribution < -0.4 is 5.32 Å². The number of tetrazole rings is 1. The van der Waals surface area contributed by atoms with Gasteiger partial charge in [-0.2, -0.15) is 5.21 Å². The minimum Gasteiger partial charge on any atom is -0.481 e. The molecule has 1 atom stereocenters. The standard InChI is InChI=1S/C9H13N5O5/c15-7(4-6-11-13-14-12-6)10-5(9(18)19)2-1-3-8(16)17/h5H,1-4H2,(H,10,15)(H,16,17)(H,18,19)(H,11,12,13,14)/t5-/m0/s1. The van der Waals surface area contributed by atoms with E-state index in [1.54, 1.807) is 0 Å². The molecule has 0 fully saturated rings. The van der Waals surface area contributed by atoms with E-state index in [0.29, 0.717) is 0 Å². The van der Waals surface area contributed by atoms with Crippen LogP contribution in [0.4, 0.5) is 0 Å². The quantitative estimate of drug-likeness (QED) is 0.447. The summed E-state index contributed by atoms with van der Waals surface area (Å²) in [5, 5.41) is 32.2. The molecule has 1 amide bonds. The minimum absolute atomic E-state index is 0.0413. The molecule has 10 nitrogen and oxygen atoms in total. The number of H-pyrrole nitrogens is 1. The Morgan fingerprint density at radius 3 is 2.58 bits per heavy atom. The van der Waals surface area contributed by atoms with Crippen molar-refractivity contribution in [3.63, 3.8) is 0 Å². The maximum atomic E-state index is 11.5. The number of carbonyl (C=O) groups excluding carboxylic acids is 1. The fourth-order valence-electron chi connectivity index (χ4n) is 1.36. The van der Waals surface area contributed by atoms with Crippen molar-refractivity contribution in [2.75, 3.05) is 0 Å². The van der Waals surface area contributed by atoms with Crippen molar-refractivity contribution in [2.24, 2.45) is 0 Å². The van der Waals surface area contributed by atoms with Crippen LogP contribution in [0.2, 0.25) is 0 Å². The molecular weight excluding hydrogens is 258 g/mol. The molecule has 0 aromatic carbocycles. The van der Waals surface area contributed by atoms with Gasteiger partial charge < -0.3 is 15.5 Å².